The van der Waals surface area contributed by atoms with Crippen molar-refractivity contribution in [3.05, 3.63) is 65.5 Å². The van der Waals surface area contributed by atoms with Crippen molar-refractivity contribution < 1.29 is 36.6 Å². The van der Waals surface area contributed by atoms with Gasteiger partial charge in [-0.25, -0.2) is 18.0 Å². The predicted molar refractivity (Wildman–Crippen MR) is 95.4 cm³/mol. The van der Waals surface area contributed by atoms with Gasteiger partial charge in [0.1, 0.15) is 12.4 Å². The van der Waals surface area contributed by atoms with E-state index in [0.717, 1.165) is 0 Å². The molecule has 2 amide bonds. The summed E-state index contributed by atoms with van der Waals surface area (Å²) in [5.74, 6) is -4.69. The molecule has 2 aromatic carbocycles. The van der Waals surface area contributed by atoms with Crippen LogP contribution in [0, 0.1) is 5.82 Å². The van der Waals surface area contributed by atoms with Gasteiger partial charge in [0.05, 0.1) is 12.7 Å². The number of carbonyl (C=O) groups excluding carboxylic acids is 1. The van der Waals surface area contributed by atoms with Crippen LogP contribution in [0.1, 0.15) is 17.2 Å². The summed E-state index contributed by atoms with van der Waals surface area (Å²) in [7, 11) is 0. The SMILES string of the molecule is O=C(NCC(O)c1ccc(F)cc1)Nc1cccc(COCC(F)(F)C(F)F)c1. The van der Waals surface area contributed by atoms with Crippen molar-refractivity contribution in [1.29, 1.82) is 0 Å². The first-order valence-electron chi connectivity index (χ1n) is 8.48. The van der Waals surface area contributed by atoms with Gasteiger partial charge < -0.3 is 20.5 Å². The number of ether oxygens (including phenoxy) is 1. The number of amides is 2. The van der Waals surface area contributed by atoms with Crippen molar-refractivity contribution in [2.24, 2.45) is 0 Å². The Labute approximate surface area is 163 Å². The maximum absolute atomic E-state index is 12.9. The van der Waals surface area contributed by atoms with Gasteiger partial charge >= 0.3 is 18.4 Å². The number of carbonyl (C=O) groups is 1. The Balaban J connectivity index is 1.81. The minimum Gasteiger partial charge on any atom is -0.387 e. The van der Waals surface area contributed by atoms with Crippen LogP contribution in [0.2, 0.25) is 0 Å². The highest BCUT2D eigenvalue weighted by atomic mass is 19.3. The summed E-state index contributed by atoms with van der Waals surface area (Å²) in [5.41, 5.74) is 1.12. The molecular weight excluding hydrogens is 399 g/mol. The molecule has 158 valence electrons. The molecule has 5 nitrogen and oxygen atoms in total. The van der Waals surface area contributed by atoms with E-state index in [4.69, 9.17) is 0 Å². The van der Waals surface area contributed by atoms with Crippen molar-refractivity contribution in [2.75, 3.05) is 18.5 Å². The Bertz CT molecular complexity index is 803. The number of halogens is 5. The summed E-state index contributed by atoms with van der Waals surface area (Å²) in [6, 6.07) is 10.5. The highest BCUT2D eigenvalue weighted by Crippen LogP contribution is 2.23. The molecule has 0 bridgehead atoms. The van der Waals surface area contributed by atoms with Crippen LogP contribution in [0.3, 0.4) is 0 Å². The summed E-state index contributed by atoms with van der Waals surface area (Å²) in [6.07, 6.45) is -4.86. The summed E-state index contributed by atoms with van der Waals surface area (Å²) < 4.78 is 67.3. The van der Waals surface area contributed by atoms with Gasteiger partial charge in [0.25, 0.3) is 0 Å². The molecule has 1 unspecified atom stereocenters. The number of hydrogen-bond acceptors (Lipinski definition) is 3. The van der Waals surface area contributed by atoms with Gasteiger partial charge in [-0.15, -0.1) is 0 Å². The Hall–Kier alpha value is -2.72. The van der Waals surface area contributed by atoms with E-state index in [2.05, 4.69) is 15.4 Å². The highest BCUT2D eigenvalue weighted by molar-refractivity contribution is 5.89. The van der Waals surface area contributed by atoms with Crippen molar-refractivity contribution in [3.63, 3.8) is 0 Å². The normalized spacial score (nSPS) is 12.7. The summed E-state index contributed by atoms with van der Waals surface area (Å²) in [6.45, 7) is -1.91. The molecular formula is C19H19F5N2O3. The van der Waals surface area contributed by atoms with Gasteiger partial charge in [0.15, 0.2) is 0 Å². The van der Waals surface area contributed by atoms with Crippen molar-refractivity contribution in [1.82, 2.24) is 5.32 Å². The van der Waals surface area contributed by atoms with Crippen LogP contribution in [-0.2, 0) is 11.3 Å². The van der Waals surface area contributed by atoms with E-state index in [1.165, 1.54) is 48.5 Å². The Morgan fingerprint density at radius 2 is 1.83 bits per heavy atom. The van der Waals surface area contributed by atoms with Crippen molar-refractivity contribution in [3.8, 4) is 0 Å². The van der Waals surface area contributed by atoms with E-state index in [9.17, 15) is 31.9 Å². The number of nitrogens with one attached hydrogen (secondary N) is 2. The molecule has 0 fully saturated rings. The Morgan fingerprint density at radius 1 is 1.14 bits per heavy atom. The minimum atomic E-state index is -4.24. The summed E-state index contributed by atoms with van der Waals surface area (Å²) >= 11 is 0. The zero-order valence-electron chi connectivity index (χ0n) is 15.0. The van der Waals surface area contributed by atoms with E-state index in [-0.39, 0.29) is 13.2 Å². The molecule has 0 saturated heterocycles. The van der Waals surface area contributed by atoms with Gasteiger partial charge in [0.2, 0.25) is 0 Å². The molecule has 29 heavy (non-hydrogen) atoms. The molecule has 0 aliphatic carbocycles. The topological polar surface area (TPSA) is 70.6 Å². The first-order valence-corrected chi connectivity index (χ1v) is 8.48. The van der Waals surface area contributed by atoms with Crippen LogP contribution in [-0.4, -0.2) is 36.6 Å². The fraction of sp³-hybridized carbons (Fsp3) is 0.316. The van der Waals surface area contributed by atoms with Gasteiger partial charge in [-0.1, -0.05) is 24.3 Å². The molecule has 10 heteroatoms. The summed E-state index contributed by atoms with van der Waals surface area (Å²) in [5, 5.41) is 14.9. The fourth-order valence-corrected chi connectivity index (χ4v) is 2.27. The van der Waals surface area contributed by atoms with E-state index in [1.54, 1.807) is 0 Å². The molecule has 1 atom stereocenters. The number of aliphatic hydroxyl groups excluding tert-OH is 1. The van der Waals surface area contributed by atoms with Gasteiger partial charge in [-0.3, -0.25) is 0 Å². The number of rotatable bonds is 9. The van der Waals surface area contributed by atoms with Gasteiger partial charge in [-0.2, -0.15) is 8.78 Å². The molecule has 0 radical (unpaired) electrons. The molecule has 0 aliphatic heterocycles. The number of alkyl halides is 4. The third-order valence-corrected chi connectivity index (χ3v) is 3.78. The quantitative estimate of drug-likeness (QED) is 0.537. The fourth-order valence-electron chi connectivity index (χ4n) is 2.27. The second kappa shape index (κ2) is 10.2. The van der Waals surface area contributed by atoms with Crippen LogP contribution < -0.4 is 10.6 Å². The number of aliphatic hydroxyl groups is 1. The Morgan fingerprint density at radius 3 is 2.48 bits per heavy atom. The van der Waals surface area contributed by atoms with Crippen LogP contribution in [0.25, 0.3) is 0 Å². The van der Waals surface area contributed by atoms with Gasteiger partial charge in [0, 0.05) is 12.2 Å². The second-order valence-electron chi connectivity index (χ2n) is 6.16. The highest BCUT2D eigenvalue weighted by Gasteiger charge is 2.40. The smallest absolute Gasteiger partial charge is 0.330 e. The van der Waals surface area contributed by atoms with Crippen molar-refractivity contribution in [2.45, 2.75) is 25.1 Å². The average Bonchev–Trinajstić information content (AvgIpc) is 2.67. The van der Waals surface area contributed by atoms with Crippen molar-refractivity contribution >= 4 is 11.7 Å². The number of benzene rings is 2. The minimum absolute atomic E-state index is 0.136. The largest absolute Gasteiger partial charge is 0.387 e. The maximum atomic E-state index is 12.9. The first-order chi connectivity index (χ1) is 13.7. The lowest BCUT2D eigenvalue weighted by atomic mass is 10.1. The molecule has 0 aliphatic rings. The molecule has 0 aromatic heterocycles. The third kappa shape index (κ3) is 7.31. The third-order valence-electron chi connectivity index (χ3n) is 3.78. The average molecular weight is 418 g/mol. The van der Waals surface area contributed by atoms with Crippen LogP contribution >= 0.6 is 0 Å². The molecule has 0 spiro atoms. The maximum Gasteiger partial charge on any atom is 0.330 e. The second-order valence-corrected chi connectivity index (χ2v) is 6.16. The van der Waals surface area contributed by atoms with Crippen LogP contribution in [0.5, 0.6) is 0 Å². The predicted octanol–water partition coefficient (Wildman–Crippen LogP) is 4.10. The molecule has 2 aromatic rings. The first kappa shape index (κ1) is 22.6. The number of anilines is 1. The van der Waals surface area contributed by atoms with Gasteiger partial charge in [-0.05, 0) is 35.4 Å². The van der Waals surface area contributed by atoms with E-state index >= 15 is 0 Å². The lowest BCUT2D eigenvalue weighted by Gasteiger charge is -2.15. The van der Waals surface area contributed by atoms with E-state index < -0.39 is 36.9 Å². The molecule has 3 N–H and O–H groups in total. The number of hydrogen-bond donors (Lipinski definition) is 3. The zero-order valence-corrected chi connectivity index (χ0v) is 15.0. The molecule has 0 saturated carbocycles. The lowest BCUT2D eigenvalue weighted by molar-refractivity contribution is -0.168. The molecule has 2 rings (SSSR count). The van der Waals surface area contributed by atoms with E-state index in [0.29, 0.717) is 16.8 Å². The van der Waals surface area contributed by atoms with E-state index in [1.807, 2.05) is 0 Å². The van der Waals surface area contributed by atoms with Crippen LogP contribution in [0.4, 0.5) is 32.4 Å². The lowest BCUT2D eigenvalue weighted by Crippen LogP contribution is -2.32. The van der Waals surface area contributed by atoms with Crippen LogP contribution in [0.15, 0.2) is 48.5 Å². The zero-order chi connectivity index (χ0) is 21.4. The molecule has 0 heterocycles. The number of urea groups is 1. The Kier molecular flexibility index (Phi) is 7.91. The summed E-state index contributed by atoms with van der Waals surface area (Å²) in [4.78, 5) is 11.9. The monoisotopic (exact) mass is 418 g/mol. The standard InChI is InChI=1S/C19H19F5N2O3/c20-14-6-4-13(5-7-14)16(27)9-25-18(28)26-15-3-1-2-12(8-15)10-29-11-19(23,24)17(21)22/h1-8,16-17,27H,9-11H2,(H2,25,26,28).